The van der Waals surface area contributed by atoms with Crippen molar-refractivity contribution < 1.29 is 0 Å². The monoisotopic (exact) mass is 261 g/mol. The Kier molecular flexibility index (Phi) is 2.35. The molecule has 0 aliphatic heterocycles. The van der Waals surface area contributed by atoms with Gasteiger partial charge in [-0.05, 0) is 6.07 Å². The van der Waals surface area contributed by atoms with Crippen LogP contribution in [0.4, 0.5) is 0 Å². The molecule has 0 saturated carbocycles. The van der Waals surface area contributed by atoms with Crippen molar-refractivity contribution in [3.8, 4) is 22.6 Å². The topological polar surface area (TPSA) is 58.9 Å². The number of aromatic amines is 1. The fraction of sp³-hybridized carbons (Fsp3) is 0. The van der Waals surface area contributed by atoms with Gasteiger partial charge in [0.2, 0.25) is 0 Å². The van der Waals surface area contributed by atoms with Crippen molar-refractivity contribution in [3.63, 3.8) is 0 Å². The molecule has 0 unspecified atom stereocenters. The molecule has 0 aliphatic carbocycles. The van der Waals surface area contributed by atoms with Gasteiger partial charge in [-0.2, -0.15) is 5.10 Å². The maximum absolute atomic E-state index is 4.64. The van der Waals surface area contributed by atoms with Crippen molar-refractivity contribution in [2.75, 3.05) is 0 Å². The normalized spacial score (nSPS) is 11.0. The second-order valence-electron chi connectivity index (χ2n) is 4.46. The first kappa shape index (κ1) is 10.9. The summed E-state index contributed by atoms with van der Waals surface area (Å²) in [6.45, 7) is 0. The first-order valence-electron chi connectivity index (χ1n) is 6.31. The Bertz CT molecular complexity index is 847. The van der Waals surface area contributed by atoms with E-state index in [1.807, 2.05) is 42.5 Å². The average molecular weight is 261 g/mol. The Morgan fingerprint density at radius 2 is 1.95 bits per heavy atom. The molecule has 0 fully saturated rings. The van der Waals surface area contributed by atoms with Crippen LogP contribution in [0.2, 0.25) is 0 Å². The van der Waals surface area contributed by atoms with Gasteiger partial charge in [-0.1, -0.05) is 30.3 Å². The van der Waals surface area contributed by atoms with Gasteiger partial charge in [0.1, 0.15) is 0 Å². The lowest BCUT2D eigenvalue weighted by Crippen LogP contribution is -1.98. The number of nitrogens with zero attached hydrogens (tertiary/aromatic N) is 4. The predicted octanol–water partition coefficient (Wildman–Crippen LogP) is 2.79. The molecule has 1 aromatic carbocycles. The lowest BCUT2D eigenvalue weighted by Gasteiger charge is -2.06. The number of H-pyrrole nitrogens is 1. The molecule has 5 heteroatoms. The average Bonchev–Trinajstić information content (AvgIpc) is 3.18. The van der Waals surface area contributed by atoms with Crippen LogP contribution in [0, 0.1) is 0 Å². The lowest BCUT2D eigenvalue weighted by atomic mass is 10.1. The Labute approximate surface area is 115 Å². The van der Waals surface area contributed by atoms with Crippen LogP contribution in [-0.2, 0) is 0 Å². The SMILES string of the molecule is c1ccc(-c2cc(-c3cnc[nH]3)n3nccc3n2)cc1. The fourth-order valence-corrected chi connectivity index (χ4v) is 2.26. The molecule has 3 aromatic heterocycles. The molecule has 0 bridgehead atoms. The number of benzene rings is 1. The number of rotatable bonds is 2. The molecule has 0 amide bonds. The summed E-state index contributed by atoms with van der Waals surface area (Å²) in [5.74, 6) is 0. The standard InChI is InChI=1S/C15H11N5/c1-2-4-11(5-3-1)12-8-14(13-9-16-10-17-13)20-15(19-12)6-7-18-20/h1-10H,(H,16,17). The van der Waals surface area contributed by atoms with Gasteiger partial charge < -0.3 is 4.98 Å². The van der Waals surface area contributed by atoms with Gasteiger partial charge in [0.05, 0.1) is 35.8 Å². The van der Waals surface area contributed by atoms with Gasteiger partial charge in [-0.15, -0.1) is 0 Å². The summed E-state index contributed by atoms with van der Waals surface area (Å²) in [4.78, 5) is 11.8. The highest BCUT2D eigenvalue weighted by molar-refractivity contribution is 5.69. The molecule has 0 radical (unpaired) electrons. The van der Waals surface area contributed by atoms with Crippen LogP contribution in [0.1, 0.15) is 0 Å². The third-order valence-corrected chi connectivity index (χ3v) is 3.20. The Hall–Kier alpha value is -2.95. The fourth-order valence-electron chi connectivity index (χ4n) is 2.26. The van der Waals surface area contributed by atoms with Crippen LogP contribution in [0.25, 0.3) is 28.3 Å². The van der Waals surface area contributed by atoms with E-state index >= 15 is 0 Å². The zero-order chi connectivity index (χ0) is 13.4. The third-order valence-electron chi connectivity index (χ3n) is 3.20. The van der Waals surface area contributed by atoms with Crippen LogP contribution >= 0.6 is 0 Å². The largest absolute Gasteiger partial charge is 0.343 e. The third kappa shape index (κ3) is 1.68. The Morgan fingerprint density at radius 3 is 2.75 bits per heavy atom. The lowest BCUT2D eigenvalue weighted by molar-refractivity contribution is 0.945. The molecular weight excluding hydrogens is 250 g/mol. The van der Waals surface area contributed by atoms with E-state index in [-0.39, 0.29) is 0 Å². The predicted molar refractivity (Wildman–Crippen MR) is 76.0 cm³/mol. The van der Waals surface area contributed by atoms with Gasteiger partial charge in [0, 0.05) is 11.6 Å². The molecule has 0 spiro atoms. The summed E-state index contributed by atoms with van der Waals surface area (Å²) in [6.07, 6.45) is 5.19. The quantitative estimate of drug-likeness (QED) is 0.603. The van der Waals surface area contributed by atoms with Crippen molar-refractivity contribution in [1.29, 1.82) is 0 Å². The van der Waals surface area contributed by atoms with E-state index in [4.69, 9.17) is 0 Å². The molecule has 4 rings (SSSR count). The van der Waals surface area contributed by atoms with E-state index in [0.29, 0.717) is 0 Å². The summed E-state index contributed by atoms with van der Waals surface area (Å²) in [7, 11) is 0. The summed E-state index contributed by atoms with van der Waals surface area (Å²) in [6, 6.07) is 14.0. The Morgan fingerprint density at radius 1 is 1.05 bits per heavy atom. The van der Waals surface area contributed by atoms with Crippen LogP contribution in [-0.4, -0.2) is 24.6 Å². The van der Waals surface area contributed by atoms with E-state index in [1.54, 1.807) is 23.2 Å². The summed E-state index contributed by atoms with van der Waals surface area (Å²) in [5.41, 5.74) is 4.67. The number of nitrogens with one attached hydrogen (secondary N) is 1. The summed E-state index contributed by atoms with van der Waals surface area (Å²) >= 11 is 0. The van der Waals surface area contributed by atoms with E-state index in [1.165, 1.54) is 0 Å². The molecule has 4 aromatic rings. The molecule has 0 aliphatic rings. The van der Waals surface area contributed by atoms with Crippen molar-refractivity contribution in [3.05, 3.63) is 61.2 Å². The Balaban J connectivity index is 2.01. The van der Waals surface area contributed by atoms with Crippen LogP contribution < -0.4 is 0 Å². The van der Waals surface area contributed by atoms with E-state index < -0.39 is 0 Å². The molecule has 0 saturated heterocycles. The number of hydrogen-bond acceptors (Lipinski definition) is 3. The zero-order valence-electron chi connectivity index (χ0n) is 10.6. The number of fused-ring (bicyclic) bond motifs is 1. The number of imidazole rings is 1. The molecule has 96 valence electrons. The minimum absolute atomic E-state index is 0.816. The smallest absolute Gasteiger partial charge is 0.156 e. The highest BCUT2D eigenvalue weighted by atomic mass is 15.3. The van der Waals surface area contributed by atoms with Crippen molar-refractivity contribution >= 4 is 5.65 Å². The van der Waals surface area contributed by atoms with E-state index in [0.717, 1.165) is 28.3 Å². The van der Waals surface area contributed by atoms with Crippen molar-refractivity contribution in [2.24, 2.45) is 0 Å². The second kappa shape index (κ2) is 4.31. The van der Waals surface area contributed by atoms with E-state index in [2.05, 4.69) is 20.1 Å². The number of hydrogen-bond donors (Lipinski definition) is 1. The first-order chi connectivity index (χ1) is 9.92. The highest BCUT2D eigenvalue weighted by Gasteiger charge is 2.10. The van der Waals surface area contributed by atoms with Crippen LogP contribution in [0.3, 0.4) is 0 Å². The van der Waals surface area contributed by atoms with Gasteiger partial charge in [-0.3, -0.25) is 0 Å². The minimum atomic E-state index is 0.816. The molecule has 0 atom stereocenters. The van der Waals surface area contributed by atoms with Crippen LogP contribution in [0.5, 0.6) is 0 Å². The van der Waals surface area contributed by atoms with Crippen molar-refractivity contribution in [2.45, 2.75) is 0 Å². The minimum Gasteiger partial charge on any atom is -0.343 e. The summed E-state index contributed by atoms with van der Waals surface area (Å²) < 4.78 is 1.81. The van der Waals surface area contributed by atoms with Gasteiger partial charge in [0.25, 0.3) is 0 Å². The highest BCUT2D eigenvalue weighted by Crippen LogP contribution is 2.24. The first-order valence-corrected chi connectivity index (χ1v) is 6.31. The van der Waals surface area contributed by atoms with Crippen LogP contribution in [0.15, 0.2) is 61.2 Å². The van der Waals surface area contributed by atoms with Crippen molar-refractivity contribution in [1.82, 2.24) is 24.6 Å². The molecule has 5 nitrogen and oxygen atoms in total. The molecular formula is C15H11N5. The maximum Gasteiger partial charge on any atom is 0.156 e. The maximum atomic E-state index is 4.64. The van der Waals surface area contributed by atoms with Gasteiger partial charge in [-0.25, -0.2) is 14.5 Å². The molecule has 3 heterocycles. The molecule has 1 N–H and O–H groups in total. The number of aromatic nitrogens is 5. The van der Waals surface area contributed by atoms with Gasteiger partial charge >= 0.3 is 0 Å². The second-order valence-corrected chi connectivity index (χ2v) is 4.46. The molecule has 20 heavy (non-hydrogen) atoms. The van der Waals surface area contributed by atoms with Gasteiger partial charge in [0.15, 0.2) is 5.65 Å². The zero-order valence-corrected chi connectivity index (χ0v) is 10.6. The van der Waals surface area contributed by atoms with E-state index in [9.17, 15) is 0 Å². The summed E-state index contributed by atoms with van der Waals surface area (Å²) in [5, 5.41) is 4.32.